The first kappa shape index (κ1) is 22.2. The van der Waals surface area contributed by atoms with Crippen molar-refractivity contribution in [3.63, 3.8) is 0 Å². The first-order chi connectivity index (χ1) is 14.9. The van der Waals surface area contributed by atoms with Gasteiger partial charge in [-0.1, -0.05) is 0 Å². The molecule has 1 fully saturated rings. The number of hydrogen-bond acceptors (Lipinski definition) is 5. The lowest BCUT2D eigenvalue weighted by Gasteiger charge is -2.32. The maximum atomic E-state index is 13.8. The van der Waals surface area contributed by atoms with Gasteiger partial charge in [-0.25, -0.2) is 13.6 Å². The molecule has 7 nitrogen and oxygen atoms in total. The summed E-state index contributed by atoms with van der Waals surface area (Å²) in [6.45, 7) is 2.54. The van der Waals surface area contributed by atoms with Crippen molar-refractivity contribution in [2.24, 2.45) is 0 Å². The summed E-state index contributed by atoms with van der Waals surface area (Å²) in [6.07, 6.45) is 0.191. The average Bonchev–Trinajstić information content (AvgIpc) is 2.74. The molecule has 1 N–H and O–H groups in total. The average molecular weight is 432 g/mol. The summed E-state index contributed by atoms with van der Waals surface area (Å²) in [6, 6.07) is 8.75. The molecule has 1 saturated heterocycles. The van der Waals surface area contributed by atoms with Crippen LogP contribution in [0.15, 0.2) is 42.5 Å². The topological polar surface area (TPSA) is 84.9 Å². The molecule has 0 spiro atoms. The Morgan fingerprint density at radius 3 is 2.35 bits per heavy atom. The van der Waals surface area contributed by atoms with Crippen LogP contribution in [-0.4, -0.2) is 48.6 Å². The number of ether oxygens (including phenoxy) is 2. The molecular weight excluding hydrogens is 410 g/mol. The fourth-order valence-corrected chi connectivity index (χ4v) is 3.25. The molecule has 1 heterocycles. The van der Waals surface area contributed by atoms with E-state index in [0.717, 1.165) is 12.1 Å². The molecule has 31 heavy (non-hydrogen) atoms. The summed E-state index contributed by atoms with van der Waals surface area (Å²) in [5.41, 5.74) is 0.220. The maximum absolute atomic E-state index is 13.8. The highest BCUT2D eigenvalue weighted by molar-refractivity contribution is 5.95. The van der Waals surface area contributed by atoms with Gasteiger partial charge in [0.15, 0.2) is 0 Å². The van der Waals surface area contributed by atoms with Crippen molar-refractivity contribution in [3.05, 3.63) is 65.2 Å². The minimum absolute atomic E-state index is 0.148. The zero-order chi connectivity index (χ0) is 22.4. The van der Waals surface area contributed by atoms with E-state index >= 15 is 0 Å². The van der Waals surface area contributed by atoms with Gasteiger partial charge in [0.2, 0.25) is 0 Å². The molecule has 164 valence electrons. The van der Waals surface area contributed by atoms with Crippen LogP contribution in [0.4, 0.5) is 13.6 Å². The number of halogens is 2. The fourth-order valence-electron chi connectivity index (χ4n) is 3.25. The zero-order valence-electron chi connectivity index (χ0n) is 16.9. The second kappa shape index (κ2) is 10.0. The number of rotatable bonds is 5. The molecule has 2 aromatic carbocycles. The van der Waals surface area contributed by atoms with E-state index in [1.54, 1.807) is 6.92 Å². The summed E-state index contributed by atoms with van der Waals surface area (Å²) in [5.74, 6) is -2.17. The summed E-state index contributed by atoms with van der Waals surface area (Å²) in [5, 5.41) is 2.90. The van der Waals surface area contributed by atoms with Gasteiger partial charge in [0.05, 0.1) is 12.2 Å². The van der Waals surface area contributed by atoms with Gasteiger partial charge in [-0.05, 0) is 56.2 Å². The number of benzene rings is 2. The minimum Gasteiger partial charge on any atom is -0.434 e. The number of nitrogens with zero attached hydrogens (tertiary/aromatic N) is 1. The summed E-state index contributed by atoms with van der Waals surface area (Å²) >= 11 is 0. The molecule has 2 amide bonds. The minimum atomic E-state index is -0.893. The SMILES string of the molecule is CCOC(=O)Oc1ccc(C(=O)NC2CCN(C(=O)c3ccc(F)cc3F)CC2)cc1. The number of likely N-dealkylation sites (tertiary alicyclic amines) is 1. The first-order valence-electron chi connectivity index (χ1n) is 9.87. The lowest BCUT2D eigenvalue weighted by molar-refractivity contribution is 0.0693. The molecule has 0 unspecified atom stereocenters. The van der Waals surface area contributed by atoms with Crippen molar-refractivity contribution in [2.45, 2.75) is 25.8 Å². The molecule has 0 atom stereocenters. The summed E-state index contributed by atoms with van der Waals surface area (Å²) < 4.78 is 36.5. The molecule has 9 heteroatoms. The van der Waals surface area contributed by atoms with Crippen molar-refractivity contribution >= 4 is 18.0 Å². The van der Waals surface area contributed by atoms with E-state index in [2.05, 4.69) is 10.1 Å². The second-order valence-electron chi connectivity index (χ2n) is 6.97. The van der Waals surface area contributed by atoms with Crippen molar-refractivity contribution < 1.29 is 32.6 Å². The van der Waals surface area contributed by atoms with Gasteiger partial charge < -0.3 is 19.7 Å². The van der Waals surface area contributed by atoms with Gasteiger partial charge in [-0.2, -0.15) is 0 Å². The van der Waals surface area contributed by atoms with Crippen LogP contribution in [0.3, 0.4) is 0 Å². The molecule has 0 aliphatic carbocycles. The van der Waals surface area contributed by atoms with E-state index in [-0.39, 0.29) is 29.9 Å². The van der Waals surface area contributed by atoms with Crippen LogP contribution >= 0.6 is 0 Å². The number of piperidine rings is 1. The van der Waals surface area contributed by atoms with Gasteiger partial charge in [-0.3, -0.25) is 9.59 Å². The lowest BCUT2D eigenvalue weighted by atomic mass is 10.0. The molecule has 0 saturated carbocycles. The van der Waals surface area contributed by atoms with Gasteiger partial charge >= 0.3 is 6.16 Å². The molecule has 3 rings (SSSR count). The third-order valence-corrected chi connectivity index (χ3v) is 4.86. The van der Waals surface area contributed by atoms with Crippen LogP contribution in [0.25, 0.3) is 0 Å². The Morgan fingerprint density at radius 2 is 1.74 bits per heavy atom. The van der Waals surface area contributed by atoms with Crippen LogP contribution in [-0.2, 0) is 4.74 Å². The van der Waals surface area contributed by atoms with Crippen LogP contribution in [0.2, 0.25) is 0 Å². The second-order valence-corrected chi connectivity index (χ2v) is 6.97. The van der Waals surface area contributed by atoms with Crippen LogP contribution in [0.5, 0.6) is 5.75 Å². The highest BCUT2D eigenvalue weighted by Gasteiger charge is 2.26. The number of amides is 2. The maximum Gasteiger partial charge on any atom is 0.513 e. The Labute approximate surface area is 177 Å². The number of nitrogens with one attached hydrogen (secondary N) is 1. The van der Waals surface area contributed by atoms with E-state index < -0.39 is 23.7 Å². The van der Waals surface area contributed by atoms with E-state index in [0.29, 0.717) is 37.6 Å². The van der Waals surface area contributed by atoms with Crippen LogP contribution in [0.1, 0.15) is 40.5 Å². The third kappa shape index (κ3) is 5.78. The van der Waals surface area contributed by atoms with Gasteiger partial charge in [0.25, 0.3) is 11.8 Å². The lowest BCUT2D eigenvalue weighted by Crippen LogP contribution is -2.46. The van der Waals surface area contributed by atoms with Gasteiger partial charge in [0, 0.05) is 30.8 Å². The van der Waals surface area contributed by atoms with Crippen molar-refractivity contribution in [3.8, 4) is 5.75 Å². The van der Waals surface area contributed by atoms with E-state index in [1.165, 1.54) is 29.2 Å². The molecule has 1 aliphatic heterocycles. The van der Waals surface area contributed by atoms with Crippen LogP contribution < -0.4 is 10.1 Å². The number of hydrogen-bond donors (Lipinski definition) is 1. The molecule has 2 aromatic rings. The molecular formula is C22H22F2N2O5. The largest absolute Gasteiger partial charge is 0.513 e. The zero-order valence-corrected chi connectivity index (χ0v) is 16.9. The van der Waals surface area contributed by atoms with Crippen LogP contribution in [0, 0.1) is 11.6 Å². The monoisotopic (exact) mass is 432 g/mol. The highest BCUT2D eigenvalue weighted by atomic mass is 19.1. The van der Waals surface area contributed by atoms with E-state index in [9.17, 15) is 23.2 Å². The highest BCUT2D eigenvalue weighted by Crippen LogP contribution is 2.18. The first-order valence-corrected chi connectivity index (χ1v) is 9.87. The van der Waals surface area contributed by atoms with E-state index in [4.69, 9.17) is 4.74 Å². The summed E-state index contributed by atoms with van der Waals surface area (Å²) in [7, 11) is 0. The number of carbonyl (C=O) groups is 3. The smallest absolute Gasteiger partial charge is 0.434 e. The molecule has 0 aromatic heterocycles. The molecule has 1 aliphatic rings. The fraction of sp³-hybridized carbons (Fsp3) is 0.318. The Balaban J connectivity index is 1.50. The Hall–Kier alpha value is -3.49. The Morgan fingerprint density at radius 1 is 1.06 bits per heavy atom. The van der Waals surface area contributed by atoms with Crippen molar-refractivity contribution in [1.29, 1.82) is 0 Å². The third-order valence-electron chi connectivity index (χ3n) is 4.86. The van der Waals surface area contributed by atoms with Gasteiger partial charge in [-0.15, -0.1) is 0 Å². The van der Waals surface area contributed by atoms with Crippen molar-refractivity contribution in [1.82, 2.24) is 10.2 Å². The Bertz CT molecular complexity index is 957. The van der Waals surface area contributed by atoms with Gasteiger partial charge in [0.1, 0.15) is 17.4 Å². The number of carbonyl (C=O) groups excluding carboxylic acids is 3. The Kier molecular flexibility index (Phi) is 7.17. The summed E-state index contributed by atoms with van der Waals surface area (Å²) in [4.78, 5) is 37.7. The molecule has 0 bridgehead atoms. The quantitative estimate of drug-likeness (QED) is 0.577. The predicted molar refractivity (Wildman–Crippen MR) is 107 cm³/mol. The predicted octanol–water partition coefficient (Wildman–Crippen LogP) is 3.53. The normalized spacial score (nSPS) is 14.1. The van der Waals surface area contributed by atoms with E-state index in [1.807, 2.05) is 0 Å². The van der Waals surface area contributed by atoms with Crippen molar-refractivity contribution in [2.75, 3.05) is 19.7 Å². The standard InChI is InChI=1S/C22H22F2N2O5/c1-2-30-22(29)31-17-6-3-14(4-7-17)20(27)25-16-9-11-26(12-10-16)21(28)18-8-5-15(23)13-19(18)24/h3-8,13,16H,2,9-12H2,1H3,(H,25,27). The molecule has 0 radical (unpaired) electrons.